The van der Waals surface area contributed by atoms with Gasteiger partial charge in [-0.3, -0.25) is 20.2 Å². The molecule has 0 unspecified atom stereocenters. The third-order valence-electron chi connectivity index (χ3n) is 3.74. The largest absolute Gasteiger partial charge is 0.487 e. The van der Waals surface area contributed by atoms with Crippen LogP contribution in [0.1, 0.15) is 16.7 Å². The minimum absolute atomic E-state index is 0.0172. The molecule has 27 heavy (non-hydrogen) atoms. The molecule has 8 heteroatoms. The Kier molecular flexibility index (Phi) is 6.48. The molecule has 1 aliphatic heterocycles. The van der Waals surface area contributed by atoms with Gasteiger partial charge in [0.2, 0.25) is 0 Å². The maximum atomic E-state index is 12.0. The zero-order chi connectivity index (χ0) is 19.6. The summed E-state index contributed by atoms with van der Waals surface area (Å²) in [7, 11) is 0. The summed E-state index contributed by atoms with van der Waals surface area (Å²) in [5.41, 5.74) is 3.04. The number of rotatable bonds is 4. The van der Waals surface area contributed by atoms with Gasteiger partial charge in [0.15, 0.2) is 5.11 Å². The Morgan fingerprint density at radius 3 is 2.30 bits per heavy atom. The van der Waals surface area contributed by atoms with Crippen LogP contribution in [0.5, 0.6) is 5.75 Å². The van der Waals surface area contributed by atoms with Crippen molar-refractivity contribution in [1.82, 2.24) is 10.6 Å². The van der Waals surface area contributed by atoms with E-state index < -0.39 is 11.8 Å². The number of hydrogen-bond acceptors (Lipinski definition) is 4. The highest BCUT2D eigenvalue weighted by Crippen LogP contribution is 2.30. The zero-order valence-electron chi connectivity index (χ0n) is 14.1. The first-order chi connectivity index (χ1) is 12.8. The molecule has 0 aliphatic carbocycles. The Labute approximate surface area is 189 Å². The van der Waals surface area contributed by atoms with Gasteiger partial charge in [-0.25, -0.2) is 0 Å². The summed E-state index contributed by atoms with van der Waals surface area (Å²) >= 11 is 9.18. The summed E-state index contributed by atoms with van der Waals surface area (Å²) in [6.45, 7) is 2.51. The van der Waals surface area contributed by atoms with Gasteiger partial charge in [-0.2, -0.15) is 0 Å². The lowest BCUT2D eigenvalue weighted by atomic mass is 10.1. The van der Waals surface area contributed by atoms with Crippen LogP contribution in [-0.2, 0) is 16.2 Å². The normalized spacial score (nSPS) is 13.9. The van der Waals surface area contributed by atoms with E-state index in [-0.39, 0.29) is 10.7 Å². The summed E-state index contributed by atoms with van der Waals surface area (Å²) in [5.74, 6) is -0.235. The van der Waals surface area contributed by atoms with Crippen LogP contribution in [0.2, 0.25) is 0 Å². The molecule has 5 nitrogen and oxygen atoms in total. The Bertz CT molecular complexity index is 944. The maximum Gasteiger partial charge on any atom is 0.263 e. The van der Waals surface area contributed by atoms with Gasteiger partial charge in [0.05, 0.1) is 7.14 Å². The smallest absolute Gasteiger partial charge is 0.263 e. The van der Waals surface area contributed by atoms with Gasteiger partial charge in [-0.05, 0) is 93.7 Å². The number of thiocarbonyl (C=S) groups is 1. The lowest BCUT2D eigenvalue weighted by Gasteiger charge is -2.17. The van der Waals surface area contributed by atoms with Crippen LogP contribution < -0.4 is 15.4 Å². The highest BCUT2D eigenvalue weighted by molar-refractivity contribution is 14.1. The molecule has 0 saturated carbocycles. The van der Waals surface area contributed by atoms with Gasteiger partial charge in [-0.15, -0.1) is 0 Å². The molecule has 0 spiro atoms. The molecule has 0 atom stereocenters. The highest BCUT2D eigenvalue weighted by atomic mass is 127. The van der Waals surface area contributed by atoms with Crippen molar-refractivity contribution in [2.45, 2.75) is 13.5 Å². The molecule has 0 aromatic heterocycles. The van der Waals surface area contributed by atoms with E-state index in [0.29, 0.717) is 6.61 Å². The second kappa shape index (κ2) is 8.65. The van der Waals surface area contributed by atoms with Gasteiger partial charge in [0.1, 0.15) is 17.9 Å². The summed E-state index contributed by atoms with van der Waals surface area (Å²) in [5, 5.41) is 4.87. The molecule has 1 aliphatic rings. The zero-order valence-corrected chi connectivity index (χ0v) is 19.3. The molecule has 3 rings (SSSR count). The molecule has 1 heterocycles. The second-order valence-corrected chi connectivity index (χ2v) is 8.62. The minimum Gasteiger partial charge on any atom is -0.487 e. The fraction of sp³-hybridized carbons (Fsp3) is 0.105. The molecule has 2 aromatic rings. The summed E-state index contributed by atoms with van der Waals surface area (Å²) in [6.07, 6.45) is 1.54. The average Bonchev–Trinajstić information content (AvgIpc) is 2.57. The highest BCUT2D eigenvalue weighted by Gasteiger charge is 2.25. The number of amides is 2. The minimum atomic E-state index is -0.506. The monoisotopic (exact) mass is 604 g/mol. The third kappa shape index (κ3) is 5.05. The number of aryl methyl sites for hydroxylation is 1. The number of ether oxygens (including phenoxy) is 1. The molecule has 0 radical (unpaired) electrons. The maximum absolute atomic E-state index is 12.0. The van der Waals surface area contributed by atoms with E-state index in [0.717, 1.165) is 24.0 Å². The number of halogens is 2. The van der Waals surface area contributed by atoms with E-state index >= 15 is 0 Å². The lowest BCUT2D eigenvalue weighted by Crippen LogP contribution is -2.51. The number of nitrogens with one attached hydrogen (secondary N) is 2. The Morgan fingerprint density at radius 2 is 1.70 bits per heavy atom. The molecule has 2 N–H and O–H groups in total. The molecular formula is C19H14I2N2O3S. The van der Waals surface area contributed by atoms with Crippen molar-refractivity contribution < 1.29 is 14.3 Å². The summed E-state index contributed by atoms with van der Waals surface area (Å²) in [6, 6.07) is 11.9. The van der Waals surface area contributed by atoms with Crippen LogP contribution in [0.3, 0.4) is 0 Å². The number of benzene rings is 2. The Hall–Kier alpha value is -1.53. The molecule has 1 saturated heterocycles. The van der Waals surface area contributed by atoms with E-state index in [4.69, 9.17) is 17.0 Å². The molecular weight excluding hydrogens is 590 g/mol. The average molecular weight is 604 g/mol. The summed E-state index contributed by atoms with van der Waals surface area (Å²) < 4.78 is 7.79. The Balaban J connectivity index is 1.82. The van der Waals surface area contributed by atoms with Gasteiger partial charge in [0.25, 0.3) is 11.8 Å². The van der Waals surface area contributed by atoms with Crippen molar-refractivity contribution in [3.05, 3.63) is 65.8 Å². The van der Waals surface area contributed by atoms with Crippen LogP contribution >= 0.6 is 57.4 Å². The van der Waals surface area contributed by atoms with E-state index in [1.165, 1.54) is 5.56 Å². The van der Waals surface area contributed by atoms with Crippen LogP contribution in [-0.4, -0.2) is 16.9 Å². The lowest BCUT2D eigenvalue weighted by molar-refractivity contribution is -0.123. The molecule has 2 amide bonds. The fourth-order valence-corrected chi connectivity index (χ4v) is 4.84. The van der Waals surface area contributed by atoms with Crippen LogP contribution in [0.25, 0.3) is 6.08 Å². The van der Waals surface area contributed by atoms with Gasteiger partial charge in [0, 0.05) is 0 Å². The molecule has 0 bridgehead atoms. The van der Waals surface area contributed by atoms with Gasteiger partial charge < -0.3 is 4.74 Å². The van der Waals surface area contributed by atoms with Gasteiger partial charge in [-0.1, -0.05) is 29.8 Å². The molecule has 2 aromatic carbocycles. The quantitative estimate of drug-likeness (QED) is 0.242. The predicted molar refractivity (Wildman–Crippen MR) is 124 cm³/mol. The summed E-state index contributed by atoms with van der Waals surface area (Å²) in [4.78, 5) is 24.0. The van der Waals surface area contributed by atoms with Gasteiger partial charge >= 0.3 is 0 Å². The first-order valence-electron chi connectivity index (χ1n) is 7.89. The SMILES string of the molecule is Cc1cccc(COc2c(I)cc(C=C3C(=O)NC(=S)NC3=O)cc2I)c1. The standard InChI is InChI=1S/C19H14I2N2O3S/c1-10-3-2-4-11(5-10)9-26-16-14(20)7-12(8-15(16)21)6-13-17(24)22-19(27)23-18(13)25/h2-8H,9H2,1H3,(H2,22,23,24,25,27). The van der Waals surface area contributed by atoms with Crippen molar-refractivity contribution in [3.8, 4) is 5.75 Å². The van der Waals surface area contributed by atoms with E-state index in [9.17, 15) is 9.59 Å². The van der Waals surface area contributed by atoms with Crippen molar-refractivity contribution in [2.75, 3.05) is 0 Å². The Morgan fingerprint density at radius 1 is 1.07 bits per heavy atom. The topological polar surface area (TPSA) is 67.4 Å². The van der Waals surface area contributed by atoms with Crippen molar-refractivity contribution >= 4 is 80.4 Å². The van der Waals surface area contributed by atoms with E-state index in [1.807, 2.05) is 37.3 Å². The van der Waals surface area contributed by atoms with Crippen LogP contribution in [0.15, 0.2) is 42.0 Å². The van der Waals surface area contributed by atoms with E-state index in [1.54, 1.807) is 6.08 Å². The van der Waals surface area contributed by atoms with Crippen LogP contribution in [0.4, 0.5) is 0 Å². The predicted octanol–water partition coefficient (Wildman–Crippen LogP) is 3.70. The second-order valence-electron chi connectivity index (χ2n) is 5.89. The molecule has 138 valence electrons. The number of carbonyl (C=O) groups is 2. The number of hydrogen-bond donors (Lipinski definition) is 2. The van der Waals surface area contributed by atoms with Crippen molar-refractivity contribution in [3.63, 3.8) is 0 Å². The number of carbonyl (C=O) groups excluding carboxylic acids is 2. The third-order valence-corrected chi connectivity index (χ3v) is 5.55. The molecule has 1 fully saturated rings. The van der Waals surface area contributed by atoms with Crippen molar-refractivity contribution in [2.24, 2.45) is 0 Å². The fourth-order valence-electron chi connectivity index (χ4n) is 2.53. The first-order valence-corrected chi connectivity index (χ1v) is 10.5. The van der Waals surface area contributed by atoms with Crippen LogP contribution in [0, 0.1) is 14.1 Å². The first kappa shape index (κ1) is 20.2. The van der Waals surface area contributed by atoms with E-state index in [2.05, 4.69) is 61.9 Å². The van der Waals surface area contributed by atoms with Crippen molar-refractivity contribution in [1.29, 1.82) is 0 Å².